The van der Waals surface area contributed by atoms with Crippen molar-refractivity contribution in [3.8, 4) is 0 Å². The van der Waals surface area contributed by atoms with Crippen LogP contribution in [0.4, 0.5) is 11.5 Å². The Kier molecular flexibility index (Phi) is 7.27. The minimum absolute atomic E-state index is 0.0706. The zero-order valence-corrected chi connectivity index (χ0v) is 19.4. The van der Waals surface area contributed by atoms with E-state index >= 15 is 0 Å². The molecule has 9 heteroatoms. The van der Waals surface area contributed by atoms with Crippen molar-refractivity contribution in [3.63, 3.8) is 0 Å². The van der Waals surface area contributed by atoms with Crippen LogP contribution in [0, 0.1) is 0 Å². The topological polar surface area (TPSA) is 114 Å². The molecule has 1 amide bonds. The minimum atomic E-state index is -0.722. The Morgan fingerprint density at radius 3 is 2.68 bits per heavy atom. The quantitative estimate of drug-likeness (QED) is 0.501. The van der Waals surface area contributed by atoms with Crippen molar-refractivity contribution >= 4 is 29.0 Å². The van der Waals surface area contributed by atoms with Gasteiger partial charge in [0.05, 0.1) is 6.54 Å². The number of halogens is 1. The Morgan fingerprint density at radius 1 is 1.18 bits per heavy atom. The smallest absolute Gasteiger partial charge is 0.330 e. The maximum absolute atomic E-state index is 13.5. The summed E-state index contributed by atoms with van der Waals surface area (Å²) in [6.07, 6.45) is 8.41. The van der Waals surface area contributed by atoms with E-state index in [2.05, 4.69) is 16.0 Å². The summed E-state index contributed by atoms with van der Waals surface area (Å²) in [5.41, 5.74) is 7.09. The van der Waals surface area contributed by atoms with E-state index < -0.39 is 17.2 Å². The van der Waals surface area contributed by atoms with Crippen molar-refractivity contribution < 1.29 is 4.79 Å². The lowest BCUT2D eigenvalue weighted by molar-refractivity contribution is 0.0982. The Balaban J connectivity index is 1.77. The number of carbonyl (C=O) groups excluding carboxylic acids is 1. The Morgan fingerprint density at radius 2 is 1.97 bits per heavy atom. The highest BCUT2D eigenvalue weighted by atomic mass is 35.5. The molecular formula is C25H26ClN5O3. The largest absolute Gasteiger partial charge is 0.383 e. The van der Waals surface area contributed by atoms with Gasteiger partial charge in [0.25, 0.3) is 11.5 Å². The van der Waals surface area contributed by atoms with Crippen LogP contribution in [0.15, 0.2) is 69.9 Å². The monoisotopic (exact) mass is 479 g/mol. The normalized spacial score (nSPS) is 13.4. The summed E-state index contributed by atoms with van der Waals surface area (Å²) in [6.45, 7) is 0.369. The van der Waals surface area contributed by atoms with Crippen LogP contribution in [0.2, 0.25) is 5.02 Å². The summed E-state index contributed by atoms with van der Waals surface area (Å²) in [5, 5.41) is 0.351. The number of hydrogen-bond acceptors (Lipinski definition) is 5. The molecule has 4 rings (SSSR count). The second-order valence-corrected chi connectivity index (χ2v) is 8.68. The Bertz CT molecular complexity index is 1330. The van der Waals surface area contributed by atoms with Gasteiger partial charge in [0.15, 0.2) is 5.69 Å². The van der Waals surface area contributed by atoms with Gasteiger partial charge in [0, 0.05) is 17.8 Å². The molecule has 0 unspecified atom stereocenters. The number of aromatic nitrogens is 3. The molecule has 0 spiro atoms. The summed E-state index contributed by atoms with van der Waals surface area (Å²) in [6, 6.07) is 12.3. The zero-order chi connectivity index (χ0) is 24.1. The van der Waals surface area contributed by atoms with Crippen molar-refractivity contribution in [3.05, 3.63) is 97.4 Å². The maximum Gasteiger partial charge on any atom is 0.330 e. The van der Waals surface area contributed by atoms with Crippen molar-refractivity contribution in [2.75, 3.05) is 17.2 Å². The highest BCUT2D eigenvalue weighted by molar-refractivity contribution is 6.31. The van der Waals surface area contributed by atoms with Gasteiger partial charge in [-0.25, -0.2) is 4.79 Å². The number of benzene rings is 1. The first kappa shape index (κ1) is 23.5. The van der Waals surface area contributed by atoms with Gasteiger partial charge in [-0.15, -0.1) is 0 Å². The minimum Gasteiger partial charge on any atom is -0.383 e. The first-order valence-corrected chi connectivity index (χ1v) is 11.6. The van der Waals surface area contributed by atoms with Crippen LogP contribution < -0.4 is 21.9 Å². The zero-order valence-electron chi connectivity index (χ0n) is 18.7. The number of amides is 1. The second kappa shape index (κ2) is 10.5. The predicted molar refractivity (Wildman–Crippen MR) is 133 cm³/mol. The summed E-state index contributed by atoms with van der Waals surface area (Å²) in [4.78, 5) is 46.9. The van der Waals surface area contributed by atoms with E-state index in [0.29, 0.717) is 11.4 Å². The number of nitrogen functional groups attached to an aromatic ring is 1. The van der Waals surface area contributed by atoms with E-state index in [0.717, 1.165) is 31.2 Å². The number of nitrogens with two attached hydrogens (primary N) is 1. The molecule has 0 aliphatic heterocycles. The van der Waals surface area contributed by atoms with Crippen LogP contribution in [-0.4, -0.2) is 27.0 Å². The molecule has 3 N–H and O–H groups in total. The van der Waals surface area contributed by atoms with Crippen molar-refractivity contribution in [1.82, 2.24) is 14.5 Å². The fourth-order valence-electron chi connectivity index (χ4n) is 4.12. The number of nitrogens with zero attached hydrogens (tertiary/aromatic N) is 3. The molecule has 34 heavy (non-hydrogen) atoms. The third kappa shape index (κ3) is 5.28. The molecule has 1 aliphatic rings. The summed E-state index contributed by atoms with van der Waals surface area (Å²) >= 11 is 6.08. The van der Waals surface area contributed by atoms with E-state index in [1.165, 1.54) is 27.3 Å². The SMILES string of the molecule is Nc1c(N(CCC2=CCCCC2)C(=O)c2cc(Cl)ccn2)c(=O)[nH]c(=O)n1Cc1ccccc1. The number of allylic oxidation sites excluding steroid dienone is 1. The average molecular weight is 480 g/mol. The van der Waals surface area contributed by atoms with Crippen LogP contribution in [0.3, 0.4) is 0 Å². The molecular weight excluding hydrogens is 454 g/mol. The van der Waals surface area contributed by atoms with Gasteiger partial charge in [-0.2, -0.15) is 0 Å². The number of aromatic amines is 1. The highest BCUT2D eigenvalue weighted by Crippen LogP contribution is 2.25. The van der Waals surface area contributed by atoms with Crippen LogP contribution in [-0.2, 0) is 6.54 Å². The molecule has 176 valence electrons. The van der Waals surface area contributed by atoms with Crippen LogP contribution in [0.1, 0.15) is 48.2 Å². The lowest BCUT2D eigenvalue weighted by Crippen LogP contribution is -2.42. The van der Waals surface area contributed by atoms with Gasteiger partial charge in [-0.1, -0.05) is 53.6 Å². The fourth-order valence-corrected chi connectivity index (χ4v) is 4.28. The van der Waals surface area contributed by atoms with Crippen molar-refractivity contribution in [2.45, 2.75) is 38.6 Å². The number of anilines is 2. The van der Waals surface area contributed by atoms with Crippen LogP contribution in [0.25, 0.3) is 0 Å². The summed E-state index contributed by atoms with van der Waals surface area (Å²) in [7, 11) is 0. The van der Waals surface area contributed by atoms with E-state index in [1.807, 2.05) is 30.3 Å². The average Bonchev–Trinajstić information content (AvgIpc) is 2.84. The lowest BCUT2D eigenvalue weighted by atomic mass is 9.97. The number of hydrogen-bond donors (Lipinski definition) is 2. The van der Waals surface area contributed by atoms with E-state index in [9.17, 15) is 14.4 Å². The first-order valence-electron chi connectivity index (χ1n) is 11.2. The number of carbonyl (C=O) groups is 1. The number of rotatable bonds is 7. The Labute approximate surface area is 201 Å². The highest BCUT2D eigenvalue weighted by Gasteiger charge is 2.26. The van der Waals surface area contributed by atoms with Crippen LogP contribution in [0.5, 0.6) is 0 Å². The molecule has 0 radical (unpaired) electrons. The predicted octanol–water partition coefficient (Wildman–Crippen LogP) is 3.75. The molecule has 2 heterocycles. The van der Waals surface area contributed by atoms with Gasteiger partial charge in [0.2, 0.25) is 0 Å². The number of H-pyrrole nitrogens is 1. The fraction of sp³-hybridized carbons (Fsp3) is 0.280. The van der Waals surface area contributed by atoms with Gasteiger partial charge in [-0.3, -0.25) is 29.0 Å². The molecule has 0 saturated carbocycles. The number of pyridine rings is 1. The molecule has 3 aromatic rings. The third-order valence-corrected chi connectivity index (χ3v) is 6.13. The Hall–Kier alpha value is -3.65. The third-order valence-electron chi connectivity index (χ3n) is 5.90. The molecule has 2 aromatic heterocycles. The maximum atomic E-state index is 13.5. The lowest BCUT2D eigenvalue weighted by Gasteiger charge is -2.25. The molecule has 1 aromatic carbocycles. The molecule has 0 saturated heterocycles. The van der Waals surface area contributed by atoms with E-state index in [4.69, 9.17) is 17.3 Å². The molecule has 0 fully saturated rings. The van der Waals surface area contributed by atoms with Gasteiger partial charge in [-0.05, 0) is 49.8 Å². The van der Waals surface area contributed by atoms with Gasteiger partial charge < -0.3 is 5.73 Å². The van der Waals surface area contributed by atoms with E-state index in [1.54, 1.807) is 6.07 Å². The van der Waals surface area contributed by atoms with Crippen molar-refractivity contribution in [1.29, 1.82) is 0 Å². The molecule has 1 aliphatic carbocycles. The summed E-state index contributed by atoms with van der Waals surface area (Å²) in [5.74, 6) is -0.591. The van der Waals surface area contributed by atoms with E-state index in [-0.39, 0.29) is 30.3 Å². The van der Waals surface area contributed by atoms with Gasteiger partial charge in [0.1, 0.15) is 11.5 Å². The van der Waals surface area contributed by atoms with Crippen molar-refractivity contribution in [2.24, 2.45) is 0 Å². The summed E-state index contributed by atoms with van der Waals surface area (Å²) < 4.78 is 1.26. The standard InChI is InChI=1S/C25H26ClN5O3/c26-19-11-13-28-20(15-19)24(33)30(14-12-17-7-3-1-4-8-17)21-22(27)31(25(34)29-23(21)32)16-18-9-5-2-6-10-18/h2,5-7,9-11,13,15H,1,3-4,8,12,14,16,27H2,(H,29,32,34). The molecule has 0 atom stereocenters. The molecule has 8 nitrogen and oxygen atoms in total. The molecule has 0 bridgehead atoms. The number of nitrogens with one attached hydrogen (secondary N) is 1. The second-order valence-electron chi connectivity index (χ2n) is 8.24. The first-order chi connectivity index (χ1) is 16.4. The van der Waals surface area contributed by atoms with Crippen LogP contribution >= 0.6 is 11.6 Å². The van der Waals surface area contributed by atoms with Gasteiger partial charge >= 0.3 is 5.69 Å².